The first-order valence-electron chi connectivity index (χ1n) is 6.64. The largest absolute Gasteiger partial charge is 0.487 e. The minimum atomic E-state index is -0.251. The highest BCUT2D eigenvalue weighted by atomic mass is 19.1. The van der Waals surface area contributed by atoms with Crippen LogP contribution in [0.5, 0.6) is 5.75 Å². The van der Waals surface area contributed by atoms with Crippen molar-refractivity contribution in [2.75, 3.05) is 6.54 Å². The maximum Gasteiger partial charge on any atom is 0.141 e. The van der Waals surface area contributed by atoms with Crippen molar-refractivity contribution in [3.05, 3.63) is 58.7 Å². The number of aryl methyl sites for hydroxylation is 2. The van der Waals surface area contributed by atoms with Crippen molar-refractivity contribution >= 4 is 0 Å². The molecule has 0 amide bonds. The number of ether oxygens (including phenoxy) is 1. The quantitative estimate of drug-likeness (QED) is 0.912. The first kappa shape index (κ1) is 14.5. The van der Waals surface area contributed by atoms with E-state index in [1.165, 1.54) is 12.1 Å². The molecule has 2 rings (SSSR count). The van der Waals surface area contributed by atoms with Crippen molar-refractivity contribution in [1.82, 2.24) is 4.98 Å². The van der Waals surface area contributed by atoms with Crippen molar-refractivity contribution < 1.29 is 9.13 Å². The molecule has 2 N–H and O–H groups in total. The Labute approximate surface area is 118 Å². The van der Waals surface area contributed by atoms with Gasteiger partial charge in [0.25, 0.3) is 0 Å². The molecule has 1 aromatic heterocycles. The molecule has 0 aliphatic heterocycles. The van der Waals surface area contributed by atoms with Gasteiger partial charge in [-0.25, -0.2) is 4.39 Å². The average molecular weight is 274 g/mol. The summed E-state index contributed by atoms with van der Waals surface area (Å²) in [6.07, 6.45) is 0.666. The van der Waals surface area contributed by atoms with Crippen LogP contribution in [-0.2, 0) is 13.0 Å². The third kappa shape index (κ3) is 3.54. The second-order valence-corrected chi connectivity index (χ2v) is 4.80. The van der Waals surface area contributed by atoms with Crippen molar-refractivity contribution in [3.8, 4) is 5.75 Å². The van der Waals surface area contributed by atoms with E-state index in [0.717, 1.165) is 22.5 Å². The molecule has 0 saturated heterocycles. The number of hydrogen-bond acceptors (Lipinski definition) is 3. The van der Waals surface area contributed by atoms with Crippen LogP contribution in [-0.4, -0.2) is 11.5 Å². The van der Waals surface area contributed by atoms with Gasteiger partial charge in [0, 0.05) is 12.1 Å². The zero-order valence-corrected chi connectivity index (χ0v) is 11.8. The fourth-order valence-corrected chi connectivity index (χ4v) is 2.00. The Bertz CT molecular complexity index is 599. The Morgan fingerprint density at radius 1 is 1.20 bits per heavy atom. The van der Waals surface area contributed by atoms with Gasteiger partial charge < -0.3 is 10.5 Å². The van der Waals surface area contributed by atoms with Gasteiger partial charge in [-0.3, -0.25) is 4.98 Å². The third-order valence-corrected chi connectivity index (χ3v) is 3.15. The van der Waals surface area contributed by atoms with E-state index in [4.69, 9.17) is 10.5 Å². The van der Waals surface area contributed by atoms with Crippen molar-refractivity contribution in [2.24, 2.45) is 5.73 Å². The van der Waals surface area contributed by atoms with Crippen LogP contribution in [0.15, 0.2) is 30.3 Å². The molecule has 0 spiro atoms. The Hall–Kier alpha value is -1.94. The maximum absolute atomic E-state index is 13.2. The first-order chi connectivity index (χ1) is 9.60. The first-order valence-corrected chi connectivity index (χ1v) is 6.64. The van der Waals surface area contributed by atoms with Gasteiger partial charge in [-0.1, -0.05) is 6.07 Å². The topological polar surface area (TPSA) is 48.1 Å². The van der Waals surface area contributed by atoms with Crippen LogP contribution in [0.1, 0.15) is 22.5 Å². The highest BCUT2D eigenvalue weighted by molar-refractivity contribution is 5.31. The molecule has 20 heavy (non-hydrogen) atoms. The molecule has 0 saturated carbocycles. The van der Waals surface area contributed by atoms with Crippen LogP contribution in [0.25, 0.3) is 0 Å². The summed E-state index contributed by atoms with van der Waals surface area (Å²) in [6, 6.07) is 8.49. The summed E-state index contributed by atoms with van der Waals surface area (Å²) in [7, 11) is 0. The number of hydrogen-bond donors (Lipinski definition) is 1. The van der Waals surface area contributed by atoms with E-state index in [9.17, 15) is 4.39 Å². The highest BCUT2D eigenvalue weighted by Crippen LogP contribution is 2.20. The number of rotatable bonds is 5. The molecule has 1 heterocycles. The lowest BCUT2D eigenvalue weighted by atomic mass is 10.1. The SMILES string of the molecule is Cc1ccc(OCc2cc(F)ccc2C)c(CCN)n1. The van der Waals surface area contributed by atoms with E-state index >= 15 is 0 Å². The van der Waals surface area contributed by atoms with Crippen molar-refractivity contribution in [1.29, 1.82) is 0 Å². The number of nitrogens with two attached hydrogens (primary N) is 1. The van der Waals surface area contributed by atoms with E-state index in [0.29, 0.717) is 25.3 Å². The lowest BCUT2D eigenvalue weighted by molar-refractivity contribution is 0.299. The molecule has 0 fully saturated rings. The highest BCUT2D eigenvalue weighted by Gasteiger charge is 2.07. The summed E-state index contributed by atoms with van der Waals surface area (Å²) in [5.41, 5.74) is 9.21. The van der Waals surface area contributed by atoms with Crippen LogP contribution < -0.4 is 10.5 Å². The summed E-state index contributed by atoms with van der Waals surface area (Å²) in [5.74, 6) is 0.461. The lowest BCUT2D eigenvalue weighted by Gasteiger charge is -2.12. The third-order valence-electron chi connectivity index (χ3n) is 3.15. The Balaban J connectivity index is 2.16. The molecule has 0 atom stereocenters. The van der Waals surface area contributed by atoms with Gasteiger partial charge in [0.15, 0.2) is 0 Å². The zero-order valence-electron chi connectivity index (χ0n) is 11.8. The number of nitrogens with zero attached hydrogens (tertiary/aromatic N) is 1. The van der Waals surface area contributed by atoms with Gasteiger partial charge in [0.1, 0.15) is 18.2 Å². The van der Waals surface area contributed by atoms with E-state index in [1.807, 2.05) is 26.0 Å². The minimum absolute atomic E-state index is 0.251. The van der Waals surface area contributed by atoms with Gasteiger partial charge in [0.05, 0.1) is 5.69 Å². The average Bonchev–Trinajstić information content (AvgIpc) is 2.42. The number of aromatic nitrogens is 1. The maximum atomic E-state index is 13.2. The van der Waals surface area contributed by atoms with E-state index in [-0.39, 0.29) is 5.82 Å². The fraction of sp³-hybridized carbons (Fsp3) is 0.312. The Kier molecular flexibility index (Phi) is 4.69. The van der Waals surface area contributed by atoms with Crippen LogP contribution in [0.2, 0.25) is 0 Å². The minimum Gasteiger partial charge on any atom is -0.487 e. The zero-order chi connectivity index (χ0) is 14.5. The van der Waals surface area contributed by atoms with Gasteiger partial charge in [-0.2, -0.15) is 0 Å². The Morgan fingerprint density at radius 3 is 2.75 bits per heavy atom. The molecule has 2 aromatic rings. The monoisotopic (exact) mass is 274 g/mol. The predicted octanol–water partition coefficient (Wildman–Crippen LogP) is 2.92. The fourth-order valence-electron chi connectivity index (χ4n) is 2.00. The second-order valence-electron chi connectivity index (χ2n) is 4.80. The molecule has 1 aromatic carbocycles. The lowest BCUT2D eigenvalue weighted by Crippen LogP contribution is -2.08. The molecule has 3 nitrogen and oxygen atoms in total. The van der Waals surface area contributed by atoms with Crippen LogP contribution in [0, 0.1) is 19.7 Å². The summed E-state index contributed by atoms with van der Waals surface area (Å²) >= 11 is 0. The second kappa shape index (κ2) is 6.48. The normalized spacial score (nSPS) is 10.6. The molecule has 0 bridgehead atoms. The summed E-state index contributed by atoms with van der Waals surface area (Å²) in [6.45, 7) is 4.71. The van der Waals surface area contributed by atoms with E-state index in [1.54, 1.807) is 6.07 Å². The molecule has 4 heteroatoms. The molecular formula is C16H19FN2O. The van der Waals surface area contributed by atoms with Gasteiger partial charge in [0.2, 0.25) is 0 Å². The smallest absolute Gasteiger partial charge is 0.141 e. The molecule has 0 aliphatic rings. The van der Waals surface area contributed by atoms with Gasteiger partial charge in [-0.15, -0.1) is 0 Å². The Morgan fingerprint density at radius 2 is 2.00 bits per heavy atom. The van der Waals surface area contributed by atoms with Gasteiger partial charge >= 0.3 is 0 Å². The van der Waals surface area contributed by atoms with E-state index < -0.39 is 0 Å². The van der Waals surface area contributed by atoms with Crippen LogP contribution >= 0.6 is 0 Å². The van der Waals surface area contributed by atoms with Crippen molar-refractivity contribution in [3.63, 3.8) is 0 Å². The molecule has 0 aliphatic carbocycles. The molecule has 106 valence electrons. The number of benzene rings is 1. The number of halogens is 1. The molecule has 0 unspecified atom stereocenters. The number of pyridine rings is 1. The summed E-state index contributed by atoms with van der Waals surface area (Å²) < 4.78 is 19.0. The molecular weight excluding hydrogens is 255 g/mol. The van der Waals surface area contributed by atoms with Crippen LogP contribution in [0.4, 0.5) is 4.39 Å². The van der Waals surface area contributed by atoms with Crippen molar-refractivity contribution in [2.45, 2.75) is 26.9 Å². The summed E-state index contributed by atoms with van der Waals surface area (Å²) in [4.78, 5) is 4.44. The summed E-state index contributed by atoms with van der Waals surface area (Å²) in [5, 5.41) is 0. The van der Waals surface area contributed by atoms with Gasteiger partial charge in [-0.05, 0) is 55.8 Å². The van der Waals surface area contributed by atoms with Crippen LogP contribution in [0.3, 0.4) is 0 Å². The van der Waals surface area contributed by atoms with E-state index in [2.05, 4.69) is 4.98 Å². The standard InChI is InChI=1S/C16H19FN2O/c1-11-3-5-14(17)9-13(11)10-20-16-6-4-12(2)19-15(16)7-8-18/h3-6,9H,7-8,10,18H2,1-2H3. The predicted molar refractivity (Wildman–Crippen MR) is 77.2 cm³/mol. The molecule has 0 radical (unpaired) electrons.